The molecule has 0 radical (unpaired) electrons. The molecule has 0 heterocycles. The maximum absolute atomic E-state index is 13.2. The molecule has 2 N–H and O–H groups in total. The molecular weight excluding hydrogens is 235 g/mol. The molecule has 88 valence electrons. The van der Waals surface area contributed by atoms with Crippen molar-refractivity contribution >= 4 is 7.32 Å². The molecule has 0 aliphatic carbocycles. The summed E-state index contributed by atoms with van der Waals surface area (Å²) in [5.74, 6) is -10.4. The minimum atomic E-state index is -2.58. The number of hydrogen-bond donors (Lipinski definition) is 2. The quantitative estimate of drug-likeness (QED) is 0.351. The monoisotopic (exact) mass is 240 g/mol. The fourth-order valence-electron chi connectivity index (χ4n) is 0.980. The van der Waals surface area contributed by atoms with Gasteiger partial charge in [0, 0.05) is 0 Å². The molecule has 1 rings (SSSR count). The maximum atomic E-state index is 13.2. The van der Waals surface area contributed by atoms with Crippen LogP contribution in [0.4, 0.5) is 17.6 Å². The first-order chi connectivity index (χ1) is 7.40. The highest BCUT2D eigenvalue weighted by Gasteiger charge is 2.29. The Labute approximate surface area is 87.2 Å². The Morgan fingerprint density at radius 2 is 1.38 bits per heavy atom. The summed E-state index contributed by atoms with van der Waals surface area (Å²) in [5.41, 5.74) is 0. The average molecular weight is 240 g/mol. The summed E-state index contributed by atoms with van der Waals surface area (Å²) in [6.45, 7) is 0. The molecule has 9 heteroatoms. The predicted molar refractivity (Wildman–Crippen MR) is 43.6 cm³/mol. The van der Waals surface area contributed by atoms with Crippen LogP contribution in [0.2, 0.25) is 0 Å². The molecule has 0 atom stereocenters. The van der Waals surface area contributed by atoms with Crippen LogP contribution in [-0.4, -0.2) is 24.5 Å². The Balaban J connectivity index is 3.43. The molecule has 0 unspecified atom stereocenters. The van der Waals surface area contributed by atoms with Gasteiger partial charge in [-0.15, -0.1) is 0 Å². The zero-order valence-electron chi connectivity index (χ0n) is 7.80. The lowest BCUT2D eigenvalue weighted by atomic mass is 10.2. The number of halogens is 4. The highest BCUT2D eigenvalue weighted by molar-refractivity contribution is 6.33. The van der Waals surface area contributed by atoms with Crippen LogP contribution in [0, 0.1) is 23.3 Å². The Hall–Kier alpha value is -1.48. The second kappa shape index (κ2) is 4.58. The fourth-order valence-corrected chi connectivity index (χ4v) is 0.980. The molecule has 1 aromatic rings. The van der Waals surface area contributed by atoms with Crippen LogP contribution < -0.4 is 9.39 Å². The summed E-state index contributed by atoms with van der Waals surface area (Å²) in [4.78, 5) is 0. The Morgan fingerprint density at radius 1 is 0.875 bits per heavy atom. The van der Waals surface area contributed by atoms with Crippen LogP contribution in [0.3, 0.4) is 0 Å². The number of benzene rings is 1. The van der Waals surface area contributed by atoms with Gasteiger partial charge in [0.15, 0.2) is 11.5 Å². The fraction of sp³-hybridized carbons (Fsp3) is 0.143. The first-order valence-corrected chi connectivity index (χ1v) is 3.82. The summed E-state index contributed by atoms with van der Waals surface area (Å²) in [6, 6.07) is 0. The first kappa shape index (κ1) is 12.6. The van der Waals surface area contributed by atoms with E-state index in [-0.39, 0.29) is 0 Å². The van der Waals surface area contributed by atoms with Crippen LogP contribution >= 0.6 is 0 Å². The van der Waals surface area contributed by atoms with Gasteiger partial charge in [0.1, 0.15) is 0 Å². The second-order valence-electron chi connectivity index (χ2n) is 2.56. The topological polar surface area (TPSA) is 58.9 Å². The maximum Gasteiger partial charge on any atom is 0.707 e. The summed E-state index contributed by atoms with van der Waals surface area (Å²) < 4.78 is 59.8. The molecule has 1 aromatic carbocycles. The lowest BCUT2D eigenvalue weighted by Gasteiger charge is -2.11. The lowest BCUT2D eigenvalue weighted by Crippen LogP contribution is -2.22. The minimum Gasteiger partial charge on any atom is -0.507 e. The Bertz CT molecular complexity index is 412. The molecule has 0 aliphatic rings. The van der Waals surface area contributed by atoms with Gasteiger partial charge in [0.25, 0.3) is 0 Å². The highest BCUT2D eigenvalue weighted by Crippen LogP contribution is 2.34. The third-order valence-corrected chi connectivity index (χ3v) is 1.61. The van der Waals surface area contributed by atoms with Crippen molar-refractivity contribution in [1.82, 2.24) is 0 Å². The van der Waals surface area contributed by atoms with Crippen molar-refractivity contribution in [2.75, 3.05) is 7.11 Å². The van der Waals surface area contributed by atoms with Gasteiger partial charge < -0.3 is 19.4 Å². The third-order valence-electron chi connectivity index (χ3n) is 1.61. The zero-order valence-corrected chi connectivity index (χ0v) is 7.80. The molecule has 0 saturated carbocycles. The lowest BCUT2D eigenvalue weighted by molar-refractivity contribution is 0.261. The molecule has 0 aliphatic heterocycles. The molecule has 0 aromatic heterocycles. The molecule has 0 amide bonds. The van der Waals surface area contributed by atoms with Crippen LogP contribution in [0.5, 0.6) is 11.5 Å². The average Bonchev–Trinajstić information content (AvgIpc) is 2.22. The molecular formula is C7H5BF4O4. The predicted octanol–water partition coefficient (Wildman–Crippen LogP) is 0.600. The third kappa shape index (κ3) is 2.04. The van der Waals surface area contributed by atoms with Crippen molar-refractivity contribution in [3.63, 3.8) is 0 Å². The SMILES string of the molecule is COc1c(F)c(F)c(F)c(OB(O)O)c1F. The molecule has 4 nitrogen and oxygen atoms in total. The number of rotatable bonds is 3. The van der Waals surface area contributed by atoms with Gasteiger partial charge in [0.2, 0.25) is 23.3 Å². The molecule has 0 saturated heterocycles. The van der Waals surface area contributed by atoms with Gasteiger partial charge >= 0.3 is 7.32 Å². The van der Waals surface area contributed by atoms with E-state index in [4.69, 9.17) is 10.0 Å². The van der Waals surface area contributed by atoms with Gasteiger partial charge in [-0.25, -0.2) is 4.39 Å². The summed E-state index contributed by atoms with van der Waals surface area (Å²) in [5, 5.41) is 16.6. The van der Waals surface area contributed by atoms with Gasteiger partial charge in [-0.2, -0.15) is 13.2 Å². The van der Waals surface area contributed by atoms with Gasteiger partial charge in [-0.1, -0.05) is 0 Å². The smallest absolute Gasteiger partial charge is 0.507 e. The zero-order chi connectivity index (χ0) is 12.5. The molecule has 0 fully saturated rings. The van der Waals surface area contributed by atoms with Crippen molar-refractivity contribution in [2.45, 2.75) is 0 Å². The summed E-state index contributed by atoms with van der Waals surface area (Å²) >= 11 is 0. The van der Waals surface area contributed by atoms with Crippen molar-refractivity contribution in [3.05, 3.63) is 23.3 Å². The van der Waals surface area contributed by atoms with E-state index in [0.29, 0.717) is 0 Å². The molecule has 0 bridgehead atoms. The van der Waals surface area contributed by atoms with Crippen LogP contribution in [-0.2, 0) is 0 Å². The van der Waals surface area contributed by atoms with Crippen LogP contribution in [0.25, 0.3) is 0 Å². The van der Waals surface area contributed by atoms with E-state index < -0.39 is 42.1 Å². The normalized spacial score (nSPS) is 10.2. The van der Waals surface area contributed by atoms with E-state index in [1.54, 1.807) is 0 Å². The Kier molecular flexibility index (Phi) is 3.60. The van der Waals surface area contributed by atoms with Crippen LogP contribution in [0.1, 0.15) is 0 Å². The van der Waals surface area contributed by atoms with Crippen molar-refractivity contribution in [3.8, 4) is 11.5 Å². The highest BCUT2D eigenvalue weighted by atomic mass is 19.2. The van der Waals surface area contributed by atoms with E-state index in [2.05, 4.69) is 9.39 Å². The van der Waals surface area contributed by atoms with Gasteiger partial charge in [0.05, 0.1) is 7.11 Å². The summed E-state index contributed by atoms with van der Waals surface area (Å²) in [7, 11) is -1.77. The first-order valence-electron chi connectivity index (χ1n) is 3.82. The van der Waals surface area contributed by atoms with E-state index >= 15 is 0 Å². The molecule has 0 spiro atoms. The van der Waals surface area contributed by atoms with Gasteiger partial charge in [-0.3, -0.25) is 0 Å². The van der Waals surface area contributed by atoms with E-state index in [9.17, 15) is 17.6 Å². The minimum absolute atomic E-state index is 0.817. The van der Waals surface area contributed by atoms with E-state index in [1.165, 1.54) is 0 Å². The summed E-state index contributed by atoms with van der Waals surface area (Å²) in [6.07, 6.45) is 0. The standard InChI is InChI=1S/C7H5BF4O4/c1-15-6-3(10)2(9)4(11)7(5(6)12)16-8(13)14/h13-14H,1H3. The van der Waals surface area contributed by atoms with E-state index in [0.717, 1.165) is 7.11 Å². The van der Waals surface area contributed by atoms with Crippen LogP contribution in [0.15, 0.2) is 0 Å². The number of ether oxygens (including phenoxy) is 1. The largest absolute Gasteiger partial charge is 0.707 e. The van der Waals surface area contributed by atoms with E-state index in [1.807, 2.05) is 0 Å². The Morgan fingerprint density at radius 3 is 1.81 bits per heavy atom. The molecule has 16 heavy (non-hydrogen) atoms. The van der Waals surface area contributed by atoms with Gasteiger partial charge in [-0.05, 0) is 0 Å². The van der Waals surface area contributed by atoms with Crippen molar-refractivity contribution < 1.29 is 37.0 Å². The van der Waals surface area contributed by atoms with Crippen molar-refractivity contribution in [2.24, 2.45) is 0 Å². The van der Waals surface area contributed by atoms with Crippen molar-refractivity contribution in [1.29, 1.82) is 0 Å². The number of hydrogen-bond acceptors (Lipinski definition) is 4. The number of methoxy groups -OCH3 is 1. The second-order valence-corrected chi connectivity index (χ2v) is 2.56.